The van der Waals surface area contributed by atoms with Crippen LogP contribution in [0.1, 0.15) is 53.3 Å². The van der Waals surface area contributed by atoms with Crippen molar-refractivity contribution in [2.24, 2.45) is 0 Å². The van der Waals surface area contributed by atoms with Gasteiger partial charge in [0.05, 0.1) is 12.2 Å². The number of hydrogen-bond acceptors (Lipinski definition) is 9. The van der Waals surface area contributed by atoms with Crippen LogP contribution in [0.5, 0.6) is 0 Å². The molecule has 0 saturated carbocycles. The molecule has 0 fully saturated rings. The van der Waals surface area contributed by atoms with Crippen molar-refractivity contribution >= 4 is 19.6 Å². The van der Waals surface area contributed by atoms with Gasteiger partial charge < -0.3 is 18.7 Å². The zero-order valence-corrected chi connectivity index (χ0v) is 23.4. The van der Waals surface area contributed by atoms with Gasteiger partial charge in [-0.15, -0.1) is 6.42 Å². The Morgan fingerprint density at radius 3 is 2.13 bits per heavy atom. The van der Waals surface area contributed by atoms with Crippen molar-refractivity contribution in [3.63, 3.8) is 0 Å². The van der Waals surface area contributed by atoms with Gasteiger partial charge in [0.25, 0.3) is 5.56 Å². The number of H-pyrrole nitrogens is 1. The van der Waals surface area contributed by atoms with Crippen molar-refractivity contribution < 1.29 is 32.9 Å². The third kappa shape index (κ3) is 8.24. The minimum absolute atomic E-state index is 0.276. The van der Waals surface area contributed by atoms with Crippen LogP contribution in [0.3, 0.4) is 0 Å². The largest absolute Gasteiger partial charge is 0.462 e. The van der Waals surface area contributed by atoms with Crippen LogP contribution >= 0.6 is 7.67 Å². The summed E-state index contributed by atoms with van der Waals surface area (Å²) in [5.74, 6) is 1.03. The van der Waals surface area contributed by atoms with E-state index in [-0.39, 0.29) is 5.56 Å². The average molecular weight is 555 g/mol. The highest BCUT2D eigenvalue weighted by Crippen LogP contribution is 2.42. The Hall–Kier alpha value is -3.01. The van der Waals surface area contributed by atoms with E-state index in [2.05, 4.69) is 21.1 Å². The van der Waals surface area contributed by atoms with E-state index in [0.717, 1.165) is 4.57 Å². The zero-order valence-electron chi connectivity index (χ0n) is 22.5. The number of aromatic nitrogens is 2. The van der Waals surface area contributed by atoms with Gasteiger partial charge in [0.2, 0.25) is 0 Å². The van der Waals surface area contributed by atoms with Gasteiger partial charge in [-0.1, -0.05) is 5.92 Å². The van der Waals surface area contributed by atoms with Gasteiger partial charge in [0.1, 0.15) is 18.7 Å². The lowest BCUT2D eigenvalue weighted by Crippen LogP contribution is -2.44. The number of ether oxygens (including phenoxy) is 3. The molecule has 2 rings (SSSR count). The quantitative estimate of drug-likeness (QED) is 0.147. The first-order chi connectivity index (χ1) is 17.6. The molecule has 0 aliphatic carbocycles. The number of nitrogens with one attached hydrogen (secondary N) is 3. The van der Waals surface area contributed by atoms with Gasteiger partial charge in [-0.25, -0.2) is 15.0 Å². The van der Waals surface area contributed by atoms with E-state index < -0.39 is 73.6 Å². The highest BCUT2D eigenvalue weighted by Gasteiger charge is 2.40. The van der Waals surface area contributed by atoms with Crippen LogP contribution in [-0.2, 0) is 32.9 Å². The second kappa shape index (κ2) is 12.7. The summed E-state index contributed by atoms with van der Waals surface area (Å²) in [4.78, 5) is 50.9. The number of aromatic amines is 1. The van der Waals surface area contributed by atoms with Crippen LogP contribution in [0.15, 0.2) is 27.9 Å². The molecule has 0 saturated heterocycles. The van der Waals surface area contributed by atoms with Crippen molar-refractivity contribution in [3.8, 4) is 12.3 Å². The fraction of sp³-hybridized carbons (Fsp3) is 0.583. The fourth-order valence-corrected chi connectivity index (χ4v) is 5.07. The van der Waals surface area contributed by atoms with Crippen molar-refractivity contribution in [2.45, 2.75) is 84.6 Å². The molecule has 0 spiro atoms. The highest BCUT2D eigenvalue weighted by molar-refractivity contribution is 7.54. The van der Waals surface area contributed by atoms with Gasteiger partial charge in [-0.05, 0) is 60.6 Å². The van der Waals surface area contributed by atoms with Crippen molar-refractivity contribution in [3.05, 3.63) is 44.8 Å². The molecule has 1 aromatic rings. The van der Waals surface area contributed by atoms with E-state index in [4.69, 9.17) is 25.2 Å². The summed E-state index contributed by atoms with van der Waals surface area (Å²) in [7, 11) is -4.18. The van der Waals surface area contributed by atoms with E-state index in [1.165, 1.54) is 39.1 Å². The predicted octanol–water partition coefficient (Wildman–Crippen LogP) is 1.29. The molecular weight excluding hydrogens is 519 g/mol. The number of carbonyl (C=O) groups is 2. The van der Waals surface area contributed by atoms with Crippen LogP contribution in [0, 0.1) is 19.3 Å². The molecule has 13 nitrogen and oxygen atoms in total. The number of nitrogens with zero attached hydrogens (tertiary/aromatic N) is 1. The molecule has 1 aliphatic heterocycles. The van der Waals surface area contributed by atoms with Gasteiger partial charge in [-0.3, -0.25) is 28.5 Å². The molecule has 38 heavy (non-hydrogen) atoms. The number of aryl methyl sites for hydroxylation is 1. The molecule has 210 valence electrons. The minimum atomic E-state index is -4.18. The van der Waals surface area contributed by atoms with Crippen LogP contribution in [0.4, 0.5) is 0 Å². The molecule has 0 aromatic carbocycles. The minimum Gasteiger partial charge on any atom is -0.462 e. The van der Waals surface area contributed by atoms with Crippen LogP contribution in [-0.4, -0.2) is 58.0 Å². The topological polar surface area (TPSA) is 167 Å². The van der Waals surface area contributed by atoms with Gasteiger partial charge in [0, 0.05) is 11.8 Å². The molecule has 2 heterocycles. The standard InChI is InChI=1S/C24H35N4O9P/c1-9-24(11-10-19(37-24)28-12-16(6)20(29)25-23(28)32)13-34-38(33,26-17(7)21(30)35-14(2)3)27-18(8)22(31)36-15(4)5/h1,10-12,14-15,17-19H,13H2,2-8H3,(H,25,29,32)(H2,26,27,33)/t17-,18-,19+,24-/m0/s1. The van der Waals surface area contributed by atoms with E-state index in [9.17, 15) is 23.7 Å². The highest BCUT2D eigenvalue weighted by atomic mass is 31.2. The third-order valence-corrected chi connectivity index (χ3v) is 7.07. The second-order valence-electron chi connectivity index (χ2n) is 9.38. The lowest BCUT2D eigenvalue weighted by molar-refractivity contribution is -0.149. The zero-order chi connectivity index (χ0) is 28.8. The molecule has 1 aliphatic rings. The predicted molar refractivity (Wildman–Crippen MR) is 138 cm³/mol. The van der Waals surface area contributed by atoms with E-state index >= 15 is 0 Å². The smallest absolute Gasteiger partial charge is 0.342 e. The Balaban J connectivity index is 2.26. The molecule has 0 bridgehead atoms. The molecular formula is C24H35N4O9P. The second-order valence-corrected chi connectivity index (χ2v) is 11.3. The average Bonchev–Trinajstić information content (AvgIpc) is 3.24. The molecule has 14 heteroatoms. The third-order valence-electron chi connectivity index (χ3n) is 5.12. The summed E-state index contributed by atoms with van der Waals surface area (Å²) < 4.78 is 36.8. The molecule has 0 amide bonds. The fourth-order valence-electron chi connectivity index (χ4n) is 3.25. The van der Waals surface area contributed by atoms with Crippen molar-refractivity contribution in [1.82, 2.24) is 19.7 Å². The first-order valence-electron chi connectivity index (χ1n) is 12.0. The van der Waals surface area contributed by atoms with E-state index in [1.54, 1.807) is 27.7 Å². The summed E-state index contributed by atoms with van der Waals surface area (Å²) in [6.45, 7) is 10.5. The summed E-state index contributed by atoms with van der Waals surface area (Å²) >= 11 is 0. The van der Waals surface area contributed by atoms with Gasteiger partial charge in [0.15, 0.2) is 11.8 Å². The first kappa shape index (κ1) is 31.2. The van der Waals surface area contributed by atoms with Gasteiger partial charge in [-0.2, -0.15) is 0 Å². The van der Waals surface area contributed by atoms with Crippen LogP contribution in [0.2, 0.25) is 0 Å². The Bertz CT molecular complexity index is 1230. The normalized spacial score (nSPS) is 20.8. The maximum Gasteiger partial charge on any atom is 0.342 e. The molecule has 3 N–H and O–H groups in total. The lowest BCUT2D eigenvalue weighted by Gasteiger charge is -2.30. The summed E-state index contributed by atoms with van der Waals surface area (Å²) in [6, 6.07) is -2.19. The summed E-state index contributed by atoms with van der Waals surface area (Å²) in [6.07, 6.45) is 8.14. The molecule has 0 radical (unpaired) electrons. The monoisotopic (exact) mass is 554 g/mol. The maximum atomic E-state index is 13.8. The number of rotatable bonds is 12. The molecule has 4 atom stereocenters. The number of carbonyl (C=O) groups excluding carboxylic acids is 2. The summed E-state index contributed by atoms with van der Waals surface area (Å²) in [5.41, 5.74) is -2.55. The van der Waals surface area contributed by atoms with Crippen molar-refractivity contribution in [2.75, 3.05) is 6.61 Å². The van der Waals surface area contributed by atoms with Gasteiger partial charge >= 0.3 is 25.3 Å². The molecule has 1 aromatic heterocycles. The number of esters is 2. The Kier molecular flexibility index (Phi) is 10.4. The first-order valence-corrected chi connectivity index (χ1v) is 13.6. The molecule has 0 unspecified atom stereocenters. The Morgan fingerprint density at radius 2 is 1.66 bits per heavy atom. The SMILES string of the molecule is C#C[C@@]1(COP(=O)(N[C@@H](C)C(=O)OC(C)C)N[C@@H](C)C(=O)OC(C)C)C=C[C@H](n2cc(C)c(=O)[nH]c2=O)O1. The number of terminal acetylenes is 1. The Morgan fingerprint density at radius 1 is 1.13 bits per heavy atom. The van der Waals surface area contributed by atoms with Crippen LogP contribution in [0.25, 0.3) is 0 Å². The number of hydrogen-bond donors (Lipinski definition) is 3. The lowest BCUT2D eigenvalue weighted by atomic mass is 10.1. The van der Waals surface area contributed by atoms with E-state index in [1.807, 2.05) is 0 Å². The Labute approximate surface area is 220 Å². The van der Waals surface area contributed by atoms with Crippen LogP contribution < -0.4 is 21.4 Å². The van der Waals surface area contributed by atoms with Crippen molar-refractivity contribution in [1.29, 1.82) is 0 Å². The maximum absolute atomic E-state index is 13.8. The van der Waals surface area contributed by atoms with E-state index in [0.29, 0.717) is 0 Å². The summed E-state index contributed by atoms with van der Waals surface area (Å²) in [5, 5.41) is 5.13.